The van der Waals surface area contributed by atoms with Gasteiger partial charge in [-0.2, -0.15) is 0 Å². The molecular formula is C19H19NO3. The minimum Gasteiger partial charge on any atom is -0.491 e. The first kappa shape index (κ1) is 13.3. The first-order chi connectivity index (χ1) is 11.3. The van der Waals surface area contributed by atoms with E-state index in [1.54, 1.807) is 0 Å². The van der Waals surface area contributed by atoms with E-state index in [-0.39, 0.29) is 0 Å². The zero-order chi connectivity index (χ0) is 15.4. The first-order valence-electron chi connectivity index (χ1n) is 8.25. The zero-order valence-corrected chi connectivity index (χ0v) is 13.1. The van der Waals surface area contributed by atoms with Crippen LogP contribution in [0.2, 0.25) is 0 Å². The van der Waals surface area contributed by atoms with Crippen molar-refractivity contribution in [1.29, 1.82) is 0 Å². The zero-order valence-electron chi connectivity index (χ0n) is 13.1. The van der Waals surface area contributed by atoms with E-state index >= 15 is 0 Å². The van der Waals surface area contributed by atoms with Crippen LogP contribution in [0, 0.1) is 0 Å². The lowest BCUT2D eigenvalue weighted by Gasteiger charge is -2.39. The smallest absolute Gasteiger partial charge is 0.231 e. The van der Waals surface area contributed by atoms with E-state index in [1.165, 1.54) is 22.3 Å². The number of aryl methyl sites for hydroxylation is 1. The van der Waals surface area contributed by atoms with Gasteiger partial charge >= 0.3 is 0 Å². The predicted molar refractivity (Wildman–Crippen MR) is 86.4 cm³/mol. The molecule has 0 amide bonds. The van der Waals surface area contributed by atoms with Crippen LogP contribution in [-0.2, 0) is 13.0 Å². The summed E-state index contributed by atoms with van der Waals surface area (Å²) in [4.78, 5) is 0. The van der Waals surface area contributed by atoms with Gasteiger partial charge in [0, 0.05) is 24.1 Å². The van der Waals surface area contributed by atoms with Crippen LogP contribution < -0.4 is 19.5 Å². The Balaban J connectivity index is 1.69. The van der Waals surface area contributed by atoms with Gasteiger partial charge in [0.15, 0.2) is 11.5 Å². The van der Waals surface area contributed by atoms with Gasteiger partial charge in [-0.3, -0.25) is 0 Å². The average molecular weight is 309 g/mol. The van der Waals surface area contributed by atoms with Gasteiger partial charge in [0.05, 0.1) is 6.04 Å². The molecule has 0 bridgehead atoms. The SMILES string of the molecule is CCc1ccc2c(c1)[C@@H]1c3cc4c(cc3OC[C@H]1NC2)OCO4. The summed E-state index contributed by atoms with van der Waals surface area (Å²) in [5.41, 5.74) is 5.40. The quantitative estimate of drug-likeness (QED) is 0.879. The Morgan fingerprint density at radius 3 is 2.74 bits per heavy atom. The minimum absolute atomic E-state index is 0.293. The number of hydrogen-bond donors (Lipinski definition) is 1. The van der Waals surface area contributed by atoms with Crippen molar-refractivity contribution in [3.63, 3.8) is 0 Å². The molecule has 0 fully saturated rings. The van der Waals surface area contributed by atoms with Crippen LogP contribution >= 0.6 is 0 Å². The molecule has 23 heavy (non-hydrogen) atoms. The van der Waals surface area contributed by atoms with E-state index in [0.717, 1.165) is 30.2 Å². The van der Waals surface area contributed by atoms with E-state index < -0.39 is 0 Å². The van der Waals surface area contributed by atoms with Crippen LogP contribution in [0.4, 0.5) is 0 Å². The second-order valence-electron chi connectivity index (χ2n) is 6.41. The number of rotatable bonds is 1. The Morgan fingerprint density at radius 1 is 1.00 bits per heavy atom. The van der Waals surface area contributed by atoms with Gasteiger partial charge in [-0.1, -0.05) is 25.1 Å². The van der Waals surface area contributed by atoms with Crippen LogP contribution in [0.5, 0.6) is 17.2 Å². The summed E-state index contributed by atoms with van der Waals surface area (Å²) in [7, 11) is 0. The lowest BCUT2D eigenvalue weighted by molar-refractivity contribution is 0.173. The molecular weight excluding hydrogens is 290 g/mol. The van der Waals surface area contributed by atoms with E-state index in [2.05, 4.69) is 36.5 Å². The molecule has 3 aliphatic heterocycles. The molecule has 0 saturated heterocycles. The average Bonchev–Trinajstić information content (AvgIpc) is 3.06. The second kappa shape index (κ2) is 4.90. The molecule has 4 heteroatoms. The lowest BCUT2D eigenvalue weighted by atomic mass is 9.78. The summed E-state index contributed by atoms with van der Waals surface area (Å²) in [6, 6.07) is 11.3. The topological polar surface area (TPSA) is 39.7 Å². The van der Waals surface area contributed by atoms with Crippen molar-refractivity contribution < 1.29 is 14.2 Å². The maximum atomic E-state index is 5.99. The van der Waals surface area contributed by atoms with Crippen LogP contribution in [0.1, 0.15) is 35.1 Å². The van der Waals surface area contributed by atoms with Crippen molar-refractivity contribution in [3.8, 4) is 17.2 Å². The Kier molecular flexibility index (Phi) is 2.82. The highest BCUT2D eigenvalue weighted by Crippen LogP contribution is 2.47. The monoisotopic (exact) mass is 309 g/mol. The Bertz CT molecular complexity index is 786. The third-order valence-corrected chi connectivity index (χ3v) is 5.17. The molecule has 0 radical (unpaired) electrons. The highest BCUT2D eigenvalue weighted by molar-refractivity contribution is 5.57. The van der Waals surface area contributed by atoms with Crippen LogP contribution in [0.15, 0.2) is 30.3 Å². The normalized spacial score (nSPS) is 23.5. The Morgan fingerprint density at radius 2 is 1.87 bits per heavy atom. The van der Waals surface area contributed by atoms with Crippen molar-refractivity contribution in [1.82, 2.24) is 5.32 Å². The number of fused-ring (bicyclic) bond motifs is 6. The molecule has 0 aromatic heterocycles. The van der Waals surface area contributed by atoms with Gasteiger partial charge in [0.25, 0.3) is 0 Å². The van der Waals surface area contributed by atoms with E-state index in [0.29, 0.717) is 25.4 Å². The molecule has 0 aliphatic carbocycles. The number of hydrogen-bond acceptors (Lipinski definition) is 4. The molecule has 0 unspecified atom stereocenters. The number of ether oxygens (including phenoxy) is 3. The van der Waals surface area contributed by atoms with Gasteiger partial charge in [0.2, 0.25) is 6.79 Å². The molecule has 3 aliphatic rings. The molecule has 2 aromatic rings. The maximum Gasteiger partial charge on any atom is 0.231 e. The third-order valence-electron chi connectivity index (χ3n) is 5.17. The molecule has 0 spiro atoms. The number of benzene rings is 2. The van der Waals surface area contributed by atoms with Crippen molar-refractivity contribution in [3.05, 3.63) is 52.6 Å². The fourth-order valence-corrected chi connectivity index (χ4v) is 3.92. The summed E-state index contributed by atoms with van der Waals surface area (Å²) in [6.45, 7) is 4.09. The Labute approximate surface area is 135 Å². The molecule has 2 aromatic carbocycles. The Hall–Kier alpha value is -2.20. The molecule has 2 atom stereocenters. The van der Waals surface area contributed by atoms with Crippen molar-refractivity contribution in [2.45, 2.75) is 31.8 Å². The fraction of sp³-hybridized carbons (Fsp3) is 0.368. The predicted octanol–water partition coefficient (Wildman–Crippen LogP) is 2.97. The molecule has 1 N–H and O–H groups in total. The standard InChI is InChI=1S/C19H19NO3/c1-2-11-3-4-12-8-20-15-9-21-16-7-18-17(22-10-23-18)6-14(16)19(15)13(12)5-11/h3-7,15,19-20H,2,8-10H2,1H3/t15-,19-/m1/s1. The van der Waals surface area contributed by atoms with E-state index in [1.807, 2.05) is 6.07 Å². The highest BCUT2D eigenvalue weighted by atomic mass is 16.7. The van der Waals surface area contributed by atoms with Crippen LogP contribution in [0.25, 0.3) is 0 Å². The third kappa shape index (κ3) is 1.94. The fourth-order valence-electron chi connectivity index (χ4n) is 3.92. The summed E-state index contributed by atoms with van der Waals surface area (Å²) in [6.07, 6.45) is 1.06. The molecule has 0 saturated carbocycles. The molecule has 118 valence electrons. The van der Waals surface area contributed by atoms with Crippen LogP contribution in [-0.4, -0.2) is 19.4 Å². The maximum absolute atomic E-state index is 5.99. The molecule has 5 rings (SSSR count). The van der Waals surface area contributed by atoms with Gasteiger partial charge in [-0.15, -0.1) is 0 Å². The second-order valence-corrected chi connectivity index (χ2v) is 6.41. The molecule has 4 nitrogen and oxygen atoms in total. The van der Waals surface area contributed by atoms with Gasteiger partial charge in [-0.25, -0.2) is 0 Å². The summed E-state index contributed by atoms with van der Waals surface area (Å²) >= 11 is 0. The van der Waals surface area contributed by atoms with Gasteiger partial charge in [-0.05, 0) is 29.2 Å². The first-order valence-corrected chi connectivity index (χ1v) is 8.25. The summed E-state index contributed by atoms with van der Waals surface area (Å²) in [5, 5.41) is 3.63. The number of nitrogens with one attached hydrogen (secondary N) is 1. The van der Waals surface area contributed by atoms with Crippen LogP contribution in [0.3, 0.4) is 0 Å². The largest absolute Gasteiger partial charge is 0.491 e. The van der Waals surface area contributed by atoms with E-state index in [9.17, 15) is 0 Å². The summed E-state index contributed by atoms with van der Waals surface area (Å²) in [5.74, 6) is 2.84. The van der Waals surface area contributed by atoms with E-state index in [4.69, 9.17) is 14.2 Å². The minimum atomic E-state index is 0.293. The van der Waals surface area contributed by atoms with Crippen molar-refractivity contribution in [2.24, 2.45) is 0 Å². The van der Waals surface area contributed by atoms with Gasteiger partial charge < -0.3 is 19.5 Å². The molecule has 3 heterocycles. The lowest BCUT2D eigenvalue weighted by Crippen LogP contribution is -2.46. The van der Waals surface area contributed by atoms with Gasteiger partial charge in [0.1, 0.15) is 12.4 Å². The summed E-state index contributed by atoms with van der Waals surface area (Å²) < 4.78 is 17.1. The highest BCUT2D eigenvalue weighted by Gasteiger charge is 2.37. The van der Waals surface area contributed by atoms with Crippen molar-refractivity contribution in [2.75, 3.05) is 13.4 Å². The van der Waals surface area contributed by atoms with Crippen molar-refractivity contribution >= 4 is 0 Å².